The number of fused-ring (bicyclic) bond motifs is 1. The molecule has 31 heavy (non-hydrogen) atoms. The number of para-hydroxylation sites is 1. The average molecular weight is 424 g/mol. The number of likely N-dealkylation sites (tertiary alicyclic amines) is 2. The highest BCUT2D eigenvalue weighted by atomic mass is 16.5. The van der Waals surface area contributed by atoms with Gasteiger partial charge in [0.15, 0.2) is 0 Å². The first-order valence-electron chi connectivity index (χ1n) is 12.4. The SMILES string of the molecule is O=C(CCCc1c[nH]c2ccccc12)N1CCC[C@@]2(CCCN2C[C@@H]2CCCO2)CC1. The molecule has 3 aliphatic rings. The number of H-pyrrole nitrogens is 1. The maximum atomic E-state index is 13.0. The summed E-state index contributed by atoms with van der Waals surface area (Å²) in [5.74, 6) is 0.348. The van der Waals surface area contributed by atoms with Gasteiger partial charge in [-0.3, -0.25) is 9.69 Å². The molecule has 0 aliphatic carbocycles. The highest BCUT2D eigenvalue weighted by Crippen LogP contribution is 2.39. The zero-order valence-electron chi connectivity index (χ0n) is 18.8. The number of aromatic amines is 1. The lowest BCUT2D eigenvalue weighted by atomic mass is 9.87. The third-order valence-corrected chi connectivity index (χ3v) is 7.97. The number of carbonyl (C=O) groups is 1. The lowest BCUT2D eigenvalue weighted by Crippen LogP contribution is -2.47. The maximum absolute atomic E-state index is 13.0. The Bertz CT molecular complexity index is 888. The van der Waals surface area contributed by atoms with E-state index >= 15 is 0 Å². The second-order valence-corrected chi connectivity index (χ2v) is 9.86. The number of nitrogens with zero attached hydrogens (tertiary/aromatic N) is 2. The topological polar surface area (TPSA) is 48.6 Å². The number of aryl methyl sites for hydroxylation is 1. The Morgan fingerprint density at radius 1 is 1.10 bits per heavy atom. The molecule has 2 atom stereocenters. The lowest BCUT2D eigenvalue weighted by Gasteiger charge is -2.39. The monoisotopic (exact) mass is 423 g/mol. The Balaban J connectivity index is 1.13. The molecule has 5 rings (SSSR count). The first-order chi connectivity index (χ1) is 15.2. The molecule has 3 fully saturated rings. The number of hydrogen-bond acceptors (Lipinski definition) is 3. The fourth-order valence-electron chi connectivity index (χ4n) is 6.23. The third kappa shape index (κ3) is 4.54. The van der Waals surface area contributed by atoms with Crippen LogP contribution in [-0.2, 0) is 16.0 Å². The highest BCUT2D eigenvalue weighted by molar-refractivity contribution is 5.83. The van der Waals surface area contributed by atoms with Crippen LogP contribution in [0.15, 0.2) is 30.5 Å². The van der Waals surface area contributed by atoms with Crippen molar-refractivity contribution in [3.63, 3.8) is 0 Å². The van der Waals surface area contributed by atoms with Gasteiger partial charge in [0.05, 0.1) is 6.10 Å². The van der Waals surface area contributed by atoms with Gasteiger partial charge in [0.2, 0.25) is 5.91 Å². The summed E-state index contributed by atoms with van der Waals surface area (Å²) in [6, 6.07) is 8.43. The summed E-state index contributed by atoms with van der Waals surface area (Å²) < 4.78 is 5.93. The number of amides is 1. The van der Waals surface area contributed by atoms with Crippen molar-refractivity contribution >= 4 is 16.8 Å². The van der Waals surface area contributed by atoms with E-state index in [9.17, 15) is 4.79 Å². The summed E-state index contributed by atoms with van der Waals surface area (Å²) in [6.07, 6.45) is 13.6. The van der Waals surface area contributed by atoms with Crippen molar-refractivity contribution in [2.75, 3.05) is 32.8 Å². The predicted octanol–water partition coefficient (Wildman–Crippen LogP) is 4.52. The van der Waals surface area contributed by atoms with Gasteiger partial charge in [-0.25, -0.2) is 0 Å². The van der Waals surface area contributed by atoms with Crippen molar-refractivity contribution in [1.82, 2.24) is 14.8 Å². The number of carbonyl (C=O) groups excluding carboxylic acids is 1. The van der Waals surface area contributed by atoms with Gasteiger partial charge in [0.1, 0.15) is 0 Å². The highest BCUT2D eigenvalue weighted by Gasteiger charge is 2.43. The minimum atomic E-state index is 0.311. The van der Waals surface area contributed by atoms with E-state index in [4.69, 9.17) is 4.74 Å². The molecule has 2 aromatic rings. The zero-order chi connectivity index (χ0) is 21.1. The van der Waals surface area contributed by atoms with Gasteiger partial charge in [0.25, 0.3) is 0 Å². The van der Waals surface area contributed by atoms with Crippen LogP contribution in [0, 0.1) is 0 Å². The van der Waals surface area contributed by atoms with Crippen LogP contribution in [0.2, 0.25) is 0 Å². The van der Waals surface area contributed by atoms with E-state index in [1.54, 1.807) is 0 Å². The van der Waals surface area contributed by atoms with E-state index in [1.807, 2.05) is 0 Å². The van der Waals surface area contributed by atoms with E-state index in [2.05, 4.69) is 45.2 Å². The number of ether oxygens (including phenoxy) is 1. The van der Waals surface area contributed by atoms with Crippen LogP contribution >= 0.6 is 0 Å². The van der Waals surface area contributed by atoms with Crippen LogP contribution < -0.4 is 0 Å². The molecule has 1 aromatic carbocycles. The standard InChI is InChI=1S/C26H37N3O2/c30-25(11-3-7-21-19-27-24-10-2-1-9-23(21)24)28-15-5-12-26(14-17-28)13-6-16-29(26)20-22-8-4-18-31-22/h1-2,9-10,19,22,27H,3-8,11-18,20H2/t22-,26+/m0/s1. The van der Waals surface area contributed by atoms with Gasteiger partial charge in [-0.05, 0) is 76.0 Å². The third-order valence-electron chi connectivity index (χ3n) is 7.97. The molecule has 5 heteroatoms. The molecule has 1 aromatic heterocycles. The molecule has 4 heterocycles. The normalized spacial score (nSPS) is 27.4. The van der Waals surface area contributed by atoms with Crippen molar-refractivity contribution in [2.24, 2.45) is 0 Å². The second-order valence-electron chi connectivity index (χ2n) is 9.86. The van der Waals surface area contributed by atoms with E-state index in [-0.39, 0.29) is 0 Å². The summed E-state index contributed by atoms with van der Waals surface area (Å²) in [4.78, 5) is 21.2. The molecule has 0 unspecified atom stereocenters. The van der Waals surface area contributed by atoms with Crippen LogP contribution in [0.3, 0.4) is 0 Å². The number of rotatable bonds is 6. The van der Waals surface area contributed by atoms with E-state index in [1.165, 1.54) is 55.1 Å². The number of aromatic nitrogens is 1. The Labute approximate surface area is 186 Å². The molecule has 168 valence electrons. The lowest BCUT2D eigenvalue weighted by molar-refractivity contribution is -0.131. The largest absolute Gasteiger partial charge is 0.377 e. The summed E-state index contributed by atoms with van der Waals surface area (Å²) in [6.45, 7) is 5.10. The fourth-order valence-corrected chi connectivity index (χ4v) is 6.23. The van der Waals surface area contributed by atoms with Gasteiger partial charge in [-0.1, -0.05) is 18.2 Å². The van der Waals surface area contributed by atoms with Crippen LogP contribution in [0.1, 0.15) is 63.4 Å². The minimum absolute atomic E-state index is 0.311. The average Bonchev–Trinajstić information content (AvgIpc) is 3.49. The van der Waals surface area contributed by atoms with Gasteiger partial charge in [-0.2, -0.15) is 0 Å². The van der Waals surface area contributed by atoms with Crippen molar-refractivity contribution in [2.45, 2.75) is 75.9 Å². The van der Waals surface area contributed by atoms with Crippen LogP contribution in [0.5, 0.6) is 0 Å². The summed E-state index contributed by atoms with van der Waals surface area (Å²) in [5.41, 5.74) is 2.82. The molecule has 5 nitrogen and oxygen atoms in total. The molecule has 0 saturated carbocycles. The van der Waals surface area contributed by atoms with Crippen LogP contribution in [0.25, 0.3) is 10.9 Å². The number of benzene rings is 1. The van der Waals surface area contributed by atoms with Gasteiger partial charge < -0.3 is 14.6 Å². The van der Waals surface area contributed by atoms with E-state index < -0.39 is 0 Å². The predicted molar refractivity (Wildman–Crippen MR) is 124 cm³/mol. The Morgan fingerprint density at radius 2 is 1.97 bits per heavy atom. The summed E-state index contributed by atoms with van der Waals surface area (Å²) in [7, 11) is 0. The zero-order valence-corrected chi connectivity index (χ0v) is 18.8. The maximum Gasteiger partial charge on any atom is 0.222 e. The quantitative estimate of drug-likeness (QED) is 0.743. The van der Waals surface area contributed by atoms with Gasteiger partial charge >= 0.3 is 0 Å². The Morgan fingerprint density at radius 3 is 2.84 bits per heavy atom. The molecular formula is C26H37N3O2. The summed E-state index contributed by atoms with van der Waals surface area (Å²) >= 11 is 0. The molecule has 1 amide bonds. The minimum Gasteiger partial charge on any atom is -0.377 e. The van der Waals surface area contributed by atoms with Crippen LogP contribution in [-0.4, -0.2) is 65.1 Å². The fraction of sp³-hybridized carbons (Fsp3) is 0.654. The molecule has 1 spiro atoms. The Kier molecular flexibility index (Phi) is 6.33. The molecule has 3 aliphatic heterocycles. The first-order valence-corrected chi connectivity index (χ1v) is 12.4. The van der Waals surface area contributed by atoms with Crippen LogP contribution in [0.4, 0.5) is 0 Å². The second kappa shape index (κ2) is 9.33. The van der Waals surface area contributed by atoms with Crippen molar-refractivity contribution in [3.8, 4) is 0 Å². The first kappa shape index (κ1) is 21.0. The Hall–Kier alpha value is -1.85. The van der Waals surface area contributed by atoms with Crippen molar-refractivity contribution in [3.05, 3.63) is 36.0 Å². The molecular weight excluding hydrogens is 386 g/mol. The van der Waals surface area contributed by atoms with E-state index in [0.717, 1.165) is 51.9 Å². The summed E-state index contributed by atoms with van der Waals surface area (Å²) in [5, 5.41) is 1.29. The molecule has 3 saturated heterocycles. The van der Waals surface area contributed by atoms with Gasteiger partial charge in [-0.15, -0.1) is 0 Å². The molecule has 0 bridgehead atoms. The van der Waals surface area contributed by atoms with Crippen molar-refractivity contribution in [1.29, 1.82) is 0 Å². The molecule has 1 N–H and O–H groups in total. The van der Waals surface area contributed by atoms with Gasteiger partial charge in [0, 0.05) is 55.3 Å². The van der Waals surface area contributed by atoms with Crippen molar-refractivity contribution < 1.29 is 9.53 Å². The number of nitrogens with one attached hydrogen (secondary N) is 1. The molecule has 0 radical (unpaired) electrons. The number of hydrogen-bond donors (Lipinski definition) is 1. The smallest absolute Gasteiger partial charge is 0.222 e. The van der Waals surface area contributed by atoms with E-state index in [0.29, 0.717) is 24.0 Å².